The van der Waals surface area contributed by atoms with Crippen molar-refractivity contribution >= 4 is 16.9 Å². The van der Waals surface area contributed by atoms with Gasteiger partial charge in [-0.1, -0.05) is 6.92 Å². The SMILES string of the molecule is CCc1c[nH]c2ncnc(N3CC(OCCO)C3)c12. The van der Waals surface area contributed by atoms with Crippen molar-refractivity contribution in [2.75, 3.05) is 31.2 Å². The van der Waals surface area contributed by atoms with Crippen LogP contribution in [0.2, 0.25) is 0 Å². The summed E-state index contributed by atoms with van der Waals surface area (Å²) in [5.41, 5.74) is 2.13. The highest BCUT2D eigenvalue weighted by molar-refractivity contribution is 5.91. The molecular weight excluding hydrogens is 244 g/mol. The summed E-state index contributed by atoms with van der Waals surface area (Å²) < 4.78 is 5.49. The van der Waals surface area contributed by atoms with Gasteiger partial charge in [0.2, 0.25) is 0 Å². The number of aryl methyl sites for hydroxylation is 1. The minimum atomic E-state index is 0.0754. The summed E-state index contributed by atoms with van der Waals surface area (Å²) in [6.45, 7) is 4.25. The highest BCUT2D eigenvalue weighted by Crippen LogP contribution is 2.30. The van der Waals surface area contributed by atoms with Crippen LogP contribution in [0.5, 0.6) is 0 Å². The first-order valence-electron chi connectivity index (χ1n) is 6.61. The van der Waals surface area contributed by atoms with E-state index in [4.69, 9.17) is 9.84 Å². The summed E-state index contributed by atoms with van der Waals surface area (Å²) in [5, 5.41) is 9.85. The molecule has 0 saturated carbocycles. The van der Waals surface area contributed by atoms with Gasteiger partial charge >= 0.3 is 0 Å². The summed E-state index contributed by atoms with van der Waals surface area (Å²) in [6.07, 6.45) is 4.75. The molecule has 2 aromatic rings. The van der Waals surface area contributed by atoms with E-state index in [1.807, 2.05) is 6.20 Å². The van der Waals surface area contributed by atoms with Gasteiger partial charge in [0.1, 0.15) is 17.8 Å². The first-order chi connectivity index (χ1) is 9.33. The largest absolute Gasteiger partial charge is 0.394 e. The topological polar surface area (TPSA) is 74.3 Å². The zero-order valence-corrected chi connectivity index (χ0v) is 11.0. The second-order valence-electron chi connectivity index (χ2n) is 4.71. The van der Waals surface area contributed by atoms with E-state index in [1.54, 1.807) is 6.33 Å². The normalized spacial score (nSPS) is 16.0. The van der Waals surface area contributed by atoms with Crippen LogP contribution in [0, 0.1) is 0 Å². The van der Waals surface area contributed by atoms with Crippen molar-refractivity contribution in [1.29, 1.82) is 0 Å². The molecule has 102 valence electrons. The Kier molecular flexibility index (Phi) is 3.35. The number of hydrogen-bond acceptors (Lipinski definition) is 5. The predicted octanol–water partition coefficient (Wildman–Crippen LogP) is 0.718. The highest BCUT2D eigenvalue weighted by atomic mass is 16.5. The van der Waals surface area contributed by atoms with Crippen molar-refractivity contribution < 1.29 is 9.84 Å². The fraction of sp³-hybridized carbons (Fsp3) is 0.538. The second-order valence-corrected chi connectivity index (χ2v) is 4.71. The van der Waals surface area contributed by atoms with Gasteiger partial charge in [-0.15, -0.1) is 0 Å². The Labute approximate surface area is 111 Å². The third-order valence-electron chi connectivity index (χ3n) is 3.50. The smallest absolute Gasteiger partial charge is 0.143 e. The van der Waals surface area contributed by atoms with Gasteiger partial charge in [0.05, 0.1) is 24.7 Å². The van der Waals surface area contributed by atoms with Gasteiger partial charge in [-0.3, -0.25) is 0 Å². The van der Waals surface area contributed by atoms with Gasteiger partial charge in [-0.2, -0.15) is 0 Å². The monoisotopic (exact) mass is 262 g/mol. The number of anilines is 1. The lowest BCUT2D eigenvalue weighted by atomic mass is 10.1. The molecule has 0 atom stereocenters. The Morgan fingerprint density at radius 2 is 2.32 bits per heavy atom. The molecule has 3 heterocycles. The van der Waals surface area contributed by atoms with E-state index >= 15 is 0 Å². The molecule has 1 aliphatic heterocycles. The standard InChI is InChI=1S/C13H18N4O2/c1-2-9-5-14-12-11(9)13(16-8-15-12)17-6-10(7-17)19-4-3-18/h5,8,10,18H,2-4,6-7H2,1H3,(H,14,15,16). The second kappa shape index (κ2) is 5.14. The van der Waals surface area contributed by atoms with Crippen molar-refractivity contribution in [3.63, 3.8) is 0 Å². The van der Waals surface area contributed by atoms with Crippen LogP contribution < -0.4 is 4.90 Å². The van der Waals surface area contributed by atoms with E-state index < -0.39 is 0 Å². The Hall–Kier alpha value is -1.66. The summed E-state index contributed by atoms with van der Waals surface area (Å²) in [4.78, 5) is 14.1. The molecule has 0 unspecified atom stereocenters. The number of fused-ring (bicyclic) bond motifs is 1. The molecular formula is C13H18N4O2. The van der Waals surface area contributed by atoms with Crippen molar-refractivity contribution in [3.8, 4) is 0 Å². The molecule has 2 aromatic heterocycles. The minimum absolute atomic E-state index is 0.0754. The van der Waals surface area contributed by atoms with E-state index in [0.29, 0.717) is 6.61 Å². The third-order valence-corrected chi connectivity index (χ3v) is 3.50. The molecule has 1 saturated heterocycles. The van der Waals surface area contributed by atoms with Crippen molar-refractivity contribution in [3.05, 3.63) is 18.1 Å². The van der Waals surface area contributed by atoms with Gasteiger partial charge in [-0.25, -0.2) is 9.97 Å². The summed E-state index contributed by atoms with van der Waals surface area (Å²) in [5.74, 6) is 0.979. The van der Waals surface area contributed by atoms with Crippen LogP contribution in [0.1, 0.15) is 12.5 Å². The molecule has 3 rings (SSSR count). The predicted molar refractivity (Wildman–Crippen MR) is 72.3 cm³/mol. The molecule has 6 nitrogen and oxygen atoms in total. The maximum absolute atomic E-state index is 8.74. The number of aliphatic hydroxyl groups excluding tert-OH is 1. The number of ether oxygens (including phenoxy) is 1. The third kappa shape index (κ3) is 2.17. The molecule has 19 heavy (non-hydrogen) atoms. The van der Waals surface area contributed by atoms with Crippen LogP contribution in [-0.4, -0.2) is 52.5 Å². The maximum Gasteiger partial charge on any atom is 0.143 e. The lowest BCUT2D eigenvalue weighted by Gasteiger charge is -2.39. The van der Waals surface area contributed by atoms with E-state index in [9.17, 15) is 0 Å². The van der Waals surface area contributed by atoms with Gasteiger partial charge < -0.3 is 19.7 Å². The summed E-state index contributed by atoms with van der Waals surface area (Å²) in [7, 11) is 0. The number of hydrogen-bond donors (Lipinski definition) is 2. The summed E-state index contributed by atoms with van der Waals surface area (Å²) in [6, 6.07) is 0. The van der Waals surface area contributed by atoms with Crippen LogP contribution in [0.3, 0.4) is 0 Å². The molecule has 0 aromatic carbocycles. The molecule has 0 aliphatic carbocycles. The van der Waals surface area contributed by atoms with Gasteiger partial charge in [-0.05, 0) is 12.0 Å². The van der Waals surface area contributed by atoms with E-state index in [0.717, 1.165) is 36.4 Å². The van der Waals surface area contributed by atoms with Crippen LogP contribution in [0.4, 0.5) is 5.82 Å². The number of rotatable bonds is 5. The van der Waals surface area contributed by atoms with Crippen LogP contribution >= 0.6 is 0 Å². The number of aromatic amines is 1. The fourth-order valence-corrected chi connectivity index (χ4v) is 2.46. The lowest BCUT2D eigenvalue weighted by molar-refractivity contribution is 0.0134. The average Bonchev–Trinajstić information content (AvgIpc) is 2.80. The Bertz CT molecular complexity index is 563. The number of nitrogens with one attached hydrogen (secondary N) is 1. The summed E-state index contributed by atoms with van der Waals surface area (Å²) >= 11 is 0. The number of aromatic nitrogens is 3. The first-order valence-corrected chi connectivity index (χ1v) is 6.61. The Morgan fingerprint density at radius 3 is 3.05 bits per heavy atom. The average molecular weight is 262 g/mol. The van der Waals surface area contributed by atoms with Crippen LogP contribution in [0.25, 0.3) is 11.0 Å². The molecule has 1 aliphatic rings. The Balaban J connectivity index is 1.80. The molecule has 0 bridgehead atoms. The first kappa shape index (κ1) is 12.4. The molecule has 6 heteroatoms. The van der Waals surface area contributed by atoms with Crippen LogP contribution in [-0.2, 0) is 11.2 Å². The molecule has 2 N–H and O–H groups in total. The molecule has 1 fully saturated rings. The van der Waals surface area contributed by atoms with E-state index in [-0.39, 0.29) is 12.7 Å². The van der Waals surface area contributed by atoms with Crippen LogP contribution in [0.15, 0.2) is 12.5 Å². The van der Waals surface area contributed by atoms with Crippen molar-refractivity contribution in [2.24, 2.45) is 0 Å². The maximum atomic E-state index is 8.74. The molecule has 0 spiro atoms. The van der Waals surface area contributed by atoms with Gasteiger partial charge in [0.25, 0.3) is 0 Å². The quantitative estimate of drug-likeness (QED) is 0.830. The lowest BCUT2D eigenvalue weighted by Crippen LogP contribution is -2.53. The zero-order valence-electron chi connectivity index (χ0n) is 11.0. The fourth-order valence-electron chi connectivity index (χ4n) is 2.46. The van der Waals surface area contributed by atoms with Crippen molar-refractivity contribution in [2.45, 2.75) is 19.4 Å². The van der Waals surface area contributed by atoms with Gasteiger partial charge in [0.15, 0.2) is 0 Å². The number of H-pyrrole nitrogens is 1. The number of aliphatic hydroxyl groups is 1. The van der Waals surface area contributed by atoms with Gasteiger partial charge in [0, 0.05) is 19.3 Å². The highest BCUT2D eigenvalue weighted by Gasteiger charge is 2.30. The number of nitrogens with zero attached hydrogens (tertiary/aromatic N) is 3. The van der Waals surface area contributed by atoms with Crippen molar-refractivity contribution in [1.82, 2.24) is 15.0 Å². The Morgan fingerprint density at radius 1 is 1.47 bits per heavy atom. The van der Waals surface area contributed by atoms with E-state index in [2.05, 4.69) is 26.8 Å². The zero-order chi connectivity index (χ0) is 13.2. The van der Waals surface area contributed by atoms with E-state index in [1.165, 1.54) is 5.56 Å². The molecule has 0 radical (unpaired) electrons. The minimum Gasteiger partial charge on any atom is -0.394 e. The molecule has 0 amide bonds.